The molecule has 2 amide bonds. The van der Waals surface area contributed by atoms with Crippen LogP contribution >= 0.6 is 0 Å². The molecule has 0 aliphatic carbocycles. The third-order valence-electron chi connectivity index (χ3n) is 8.51. The van der Waals surface area contributed by atoms with Crippen LogP contribution in [0.4, 0.5) is 5.82 Å². The number of hydrogen-bond acceptors (Lipinski definition) is 6. The predicted octanol–water partition coefficient (Wildman–Crippen LogP) is 4.83. The van der Waals surface area contributed by atoms with Gasteiger partial charge >= 0.3 is 0 Å². The van der Waals surface area contributed by atoms with Gasteiger partial charge in [0, 0.05) is 60.8 Å². The minimum absolute atomic E-state index is 0.0386. The fourth-order valence-electron chi connectivity index (χ4n) is 6.07. The van der Waals surface area contributed by atoms with E-state index in [4.69, 9.17) is 16.5 Å². The smallest absolute Gasteiger partial charge is 0.221 e. The van der Waals surface area contributed by atoms with E-state index in [9.17, 15) is 14.4 Å². The van der Waals surface area contributed by atoms with E-state index in [1.165, 1.54) is 0 Å². The van der Waals surface area contributed by atoms with Crippen molar-refractivity contribution in [2.75, 3.05) is 12.3 Å². The molecule has 0 spiro atoms. The van der Waals surface area contributed by atoms with E-state index in [0.29, 0.717) is 30.7 Å². The van der Waals surface area contributed by atoms with Crippen LogP contribution in [0.1, 0.15) is 57.3 Å². The summed E-state index contributed by atoms with van der Waals surface area (Å²) in [6.45, 7) is 5.20. The number of nitrogens with two attached hydrogens (primary N) is 2. The van der Waals surface area contributed by atoms with Crippen molar-refractivity contribution >= 4 is 56.3 Å². The third-order valence-corrected chi connectivity index (χ3v) is 8.51. The molecule has 0 aliphatic heterocycles. The maximum Gasteiger partial charge on any atom is 0.221 e. The Labute approximate surface area is 256 Å². The molecule has 2 atom stereocenters. The lowest BCUT2D eigenvalue weighted by Crippen LogP contribution is -2.34. The first kappa shape index (κ1) is 30.7. The second kappa shape index (κ2) is 13.7. The Morgan fingerprint density at radius 2 is 1.70 bits per heavy atom. The van der Waals surface area contributed by atoms with Crippen molar-refractivity contribution in [1.82, 2.24) is 24.8 Å². The number of H-pyrrole nitrogens is 1. The van der Waals surface area contributed by atoms with Gasteiger partial charge in [0.25, 0.3) is 0 Å². The van der Waals surface area contributed by atoms with Gasteiger partial charge in [-0.05, 0) is 43.4 Å². The van der Waals surface area contributed by atoms with Crippen LogP contribution in [-0.4, -0.2) is 43.7 Å². The number of primary amides is 1. The number of anilines is 1. The normalized spacial score (nSPS) is 13.0. The number of nitrogen functional groups attached to an aromatic ring is 1. The molecule has 5 rings (SSSR count). The van der Waals surface area contributed by atoms with E-state index in [1.54, 1.807) is 0 Å². The number of aromatic nitrogens is 4. The molecule has 0 fully saturated rings. The molecule has 5 aromatic rings. The highest BCUT2D eigenvalue weighted by Crippen LogP contribution is 2.29. The Morgan fingerprint density at radius 3 is 2.45 bits per heavy atom. The van der Waals surface area contributed by atoms with Crippen LogP contribution in [0.3, 0.4) is 0 Å². The number of unbranched alkanes of at least 4 members (excludes halogenated alkanes) is 1. The molecule has 3 heterocycles. The topological polar surface area (TPSA) is 162 Å². The van der Waals surface area contributed by atoms with Gasteiger partial charge in [0.2, 0.25) is 11.8 Å². The molecule has 44 heavy (non-hydrogen) atoms. The van der Waals surface area contributed by atoms with Crippen molar-refractivity contribution in [2.45, 2.75) is 65.3 Å². The summed E-state index contributed by atoms with van der Waals surface area (Å²) >= 11 is 0. The Bertz CT molecular complexity index is 1810. The standard InChI is InChI=1S/C34H41N7O3/c1-3-21(17-23-20-38-26-13-7-5-11-24(23)26)28(42)18-22(34(36)44)19-30(43)37-15-9-10-16-41-29(4-2)40-31-32(41)25-12-6-8-14-27(25)39-33(31)35/h5-8,11-14,20-22,38H,3-4,9-10,15-19H2,1-2H3,(H2,35,39)(H2,36,44)(H,37,43). The number of aryl methyl sites for hydroxylation is 2. The second-order valence-corrected chi connectivity index (χ2v) is 11.4. The highest BCUT2D eigenvalue weighted by Gasteiger charge is 2.27. The number of ketones is 1. The van der Waals surface area contributed by atoms with Gasteiger partial charge in [-0.15, -0.1) is 0 Å². The van der Waals surface area contributed by atoms with Crippen LogP contribution < -0.4 is 16.8 Å². The second-order valence-electron chi connectivity index (χ2n) is 11.4. The number of benzene rings is 2. The van der Waals surface area contributed by atoms with Crippen molar-refractivity contribution in [3.63, 3.8) is 0 Å². The highest BCUT2D eigenvalue weighted by molar-refractivity contribution is 6.06. The first-order valence-corrected chi connectivity index (χ1v) is 15.5. The Balaban J connectivity index is 1.14. The number of carbonyl (C=O) groups is 3. The zero-order valence-electron chi connectivity index (χ0n) is 25.4. The predicted molar refractivity (Wildman–Crippen MR) is 174 cm³/mol. The molecule has 0 aliphatic rings. The molecule has 230 valence electrons. The molecule has 0 bridgehead atoms. The summed E-state index contributed by atoms with van der Waals surface area (Å²) in [6.07, 6.45) is 5.30. The number of nitrogens with zero attached hydrogens (tertiary/aromatic N) is 3. The van der Waals surface area contributed by atoms with Crippen LogP contribution in [0.2, 0.25) is 0 Å². The maximum absolute atomic E-state index is 13.2. The molecule has 10 nitrogen and oxygen atoms in total. The lowest BCUT2D eigenvalue weighted by Gasteiger charge is -2.18. The Morgan fingerprint density at radius 1 is 0.955 bits per heavy atom. The number of pyridine rings is 1. The zero-order valence-corrected chi connectivity index (χ0v) is 25.4. The van der Waals surface area contributed by atoms with Gasteiger partial charge in [0.05, 0.1) is 17.0 Å². The number of imidazole rings is 1. The fraction of sp³-hybridized carbons (Fsp3) is 0.382. The summed E-state index contributed by atoms with van der Waals surface area (Å²) in [4.78, 5) is 50.7. The number of carbonyl (C=O) groups excluding carboxylic acids is 3. The molecule has 2 aromatic carbocycles. The average molecular weight is 596 g/mol. The summed E-state index contributed by atoms with van der Waals surface area (Å²) in [5.41, 5.74) is 16.5. The SMILES string of the molecule is CCc1nc2c(N)nc3ccccc3c2n1CCCCNC(=O)CC(CC(=O)C(CC)Cc1c[nH]c2ccccc12)C(N)=O. The summed E-state index contributed by atoms with van der Waals surface area (Å²) in [5.74, 6) is -0.681. The highest BCUT2D eigenvalue weighted by atomic mass is 16.2. The number of nitrogens with one attached hydrogen (secondary N) is 2. The van der Waals surface area contributed by atoms with E-state index in [0.717, 1.165) is 64.5 Å². The van der Waals surface area contributed by atoms with Gasteiger partial charge in [-0.3, -0.25) is 14.4 Å². The van der Waals surface area contributed by atoms with Crippen molar-refractivity contribution in [3.8, 4) is 0 Å². The van der Waals surface area contributed by atoms with Gasteiger partial charge in [-0.1, -0.05) is 50.2 Å². The fourth-order valence-corrected chi connectivity index (χ4v) is 6.07. The zero-order chi connectivity index (χ0) is 31.2. The van der Waals surface area contributed by atoms with Crippen molar-refractivity contribution in [1.29, 1.82) is 0 Å². The third kappa shape index (κ3) is 6.59. The summed E-state index contributed by atoms with van der Waals surface area (Å²) in [5, 5.41) is 5.01. The maximum atomic E-state index is 13.2. The first-order chi connectivity index (χ1) is 21.3. The number of aromatic amines is 1. The molecule has 3 aromatic heterocycles. The van der Waals surface area contributed by atoms with E-state index in [-0.39, 0.29) is 30.4 Å². The van der Waals surface area contributed by atoms with Gasteiger partial charge in [-0.2, -0.15) is 0 Å². The lowest BCUT2D eigenvalue weighted by molar-refractivity contribution is -0.132. The molecule has 0 saturated heterocycles. The number of amides is 2. The van der Waals surface area contributed by atoms with Crippen LogP contribution in [0.25, 0.3) is 32.8 Å². The Kier molecular flexibility index (Phi) is 9.57. The van der Waals surface area contributed by atoms with Crippen molar-refractivity contribution < 1.29 is 14.4 Å². The number of para-hydroxylation sites is 2. The minimum atomic E-state index is -0.837. The van der Waals surface area contributed by atoms with Crippen LogP contribution in [-0.2, 0) is 33.8 Å². The minimum Gasteiger partial charge on any atom is -0.382 e. The van der Waals surface area contributed by atoms with Gasteiger partial charge in [-0.25, -0.2) is 9.97 Å². The van der Waals surface area contributed by atoms with E-state index in [1.807, 2.05) is 61.7 Å². The average Bonchev–Trinajstić information content (AvgIpc) is 3.61. The van der Waals surface area contributed by atoms with Crippen LogP contribution in [0.15, 0.2) is 54.7 Å². The van der Waals surface area contributed by atoms with E-state index < -0.39 is 11.8 Å². The van der Waals surface area contributed by atoms with Gasteiger partial charge in [0.1, 0.15) is 17.1 Å². The summed E-state index contributed by atoms with van der Waals surface area (Å²) in [7, 11) is 0. The number of Topliss-reactive ketones (excluding diaryl/α,β-unsaturated/α-hetero) is 1. The first-order valence-electron chi connectivity index (χ1n) is 15.5. The number of rotatable bonds is 15. The molecule has 6 N–H and O–H groups in total. The Hall–Kier alpha value is -4.73. The molecule has 2 unspecified atom stereocenters. The van der Waals surface area contributed by atoms with Gasteiger partial charge < -0.3 is 26.3 Å². The van der Waals surface area contributed by atoms with Crippen molar-refractivity contribution in [3.05, 3.63) is 66.1 Å². The quantitative estimate of drug-likeness (QED) is 0.127. The van der Waals surface area contributed by atoms with Gasteiger partial charge in [0.15, 0.2) is 5.82 Å². The molecular formula is C34H41N7O3. The monoisotopic (exact) mass is 595 g/mol. The summed E-state index contributed by atoms with van der Waals surface area (Å²) in [6, 6.07) is 15.9. The molecule has 0 radical (unpaired) electrons. The van der Waals surface area contributed by atoms with E-state index in [2.05, 4.69) is 26.8 Å². The van der Waals surface area contributed by atoms with Crippen molar-refractivity contribution in [2.24, 2.45) is 17.6 Å². The lowest BCUT2D eigenvalue weighted by atomic mass is 9.86. The van der Waals surface area contributed by atoms with Crippen LogP contribution in [0.5, 0.6) is 0 Å². The number of hydrogen-bond donors (Lipinski definition) is 4. The van der Waals surface area contributed by atoms with Crippen LogP contribution in [0, 0.1) is 11.8 Å². The summed E-state index contributed by atoms with van der Waals surface area (Å²) < 4.78 is 2.20. The number of fused-ring (bicyclic) bond motifs is 4. The molecular weight excluding hydrogens is 554 g/mol. The van der Waals surface area contributed by atoms with E-state index >= 15 is 0 Å². The molecule has 10 heteroatoms. The molecule has 0 saturated carbocycles. The largest absolute Gasteiger partial charge is 0.382 e.